The fourth-order valence-electron chi connectivity index (χ4n) is 2.93. The molecule has 0 atom stereocenters. The summed E-state index contributed by atoms with van der Waals surface area (Å²) in [5.74, 6) is -0.937. The average Bonchev–Trinajstić information content (AvgIpc) is 2.97. The van der Waals surface area contributed by atoms with Gasteiger partial charge in [-0.15, -0.1) is 0 Å². The van der Waals surface area contributed by atoms with Gasteiger partial charge < -0.3 is 14.6 Å². The van der Waals surface area contributed by atoms with Crippen molar-refractivity contribution in [2.75, 3.05) is 11.9 Å². The first kappa shape index (κ1) is 20.4. The fraction of sp³-hybridized carbons (Fsp3) is 0.143. The summed E-state index contributed by atoms with van der Waals surface area (Å²) < 4.78 is 8.82. The van der Waals surface area contributed by atoms with Gasteiger partial charge in [-0.1, -0.05) is 34.1 Å². The Morgan fingerprint density at radius 1 is 1.04 bits per heavy atom. The van der Waals surface area contributed by atoms with Crippen molar-refractivity contribution in [3.05, 3.63) is 80.5 Å². The van der Waals surface area contributed by atoms with E-state index < -0.39 is 11.9 Å². The maximum absolute atomic E-state index is 12.5. The van der Waals surface area contributed by atoms with Crippen LogP contribution in [0.1, 0.15) is 21.7 Å². The summed E-state index contributed by atoms with van der Waals surface area (Å²) in [7, 11) is 0. The number of para-hydroxylation sites is 1. The van der Waals surface area contributed by atoms with Crippen LogP contribution in [0.2, 0.25) is 0 Å². The van der Waals surface area contributed by atoms with E-state index in [9.17, 15) is 9.59 Å². The molecule has 3 aromatic rings. The lowest BCUT2D eigenvalue weighted by Crippen LogP contribution is -2.21. The molecule has 0 unspecified atom stereocenters. The van der Waals surface area contributed by atoms with Crippen molar-refractivity contribution in [1.29, 1.82) is 0 Å². The quantitative estimate of drug-likeness (QED) is 0.471. The maximum atomic E-state index is 12.5. The molecule has 1 amide bonds. The Bertz CT molecular complexity index is 1030. The van der Waals surface area contributed by atoms with E-state index in [2.05, 4.69) is 37.2 Å². The number of benzene rings is 2. The fourth-order valence-corrected chi connectivity index (χ4v) is 4.08. The molecule has 2 aromatic carbocycles. The number of rotatable bonds is 5. The normalized spacial score (nSPS) is 10.6. The SMILES string of the molecule is Cc1cc(C(=O)OCC(=O)Nc2ccc(Br)cc2Br)c(C)n1-c1ccccc1. The van der Waals surface area contributed by atoms with Crippen LogP contribution in [0.15, 0.2) is 63.5 Å². The molecule has 1 N–H and O–H groups in total. The third-order valence-electron chi connectivity index (χ3n) is 4.21. The van der Waals surface area contributed by atoms with Gasteiger partial charge in [-0.3, -0.25) is 4.79 Å². The number of hydrogen-bond acceptors (Lipinski definition) is 3. The summed E-state index contributed by atoms with van der Waals surface area (Å²) >= 11 is 6.74. The lowest BCUT2D eigenvalue weighted by atomic mass is 10.2. The van der Waals surface area contributed by atoms with Crippen LogP contribution in [0, 0.1) is 13.8 Å². The molecule has 0 radical (unpaired) electrons. The minimum absolute atomic E-state index is 0.365. The number of anilines is 1. The van der Waals surface area contributed by atoms with E-state index in [1.165, 1.54) is 0 Å². The Kier molecular flexibility index (Phi) is 6.36. The maximum Gasteiger partial charge on any atom is 0.340 e. The van der Waals surface area contributed by atoms with E-state index in [0.717, 1.165) is 26.0 Å². The zero-order valence-electron chi connectivity index (χ0n) is 15.3. The van der Waals surface area contributed by atoms with Crippen LogP contribution < -0.4 is 5.32 Å². The lowest BCUT2D eigenvalue weighted by molar-refractivity contribution is -0.119. The second-order valence-electron chi connectivity index (χ2n) is 6.20. The van der Waals surface area contributed by atoms with Crippen molar-refractivity contribution < 1.29 is 14.3 Å². The van der Waals surface area contributed by atoms with Gasteiger partial charge in [-0.2, -0.15) is 0 Å². The van der Waals surface area contributed by atoms with E-state index in [0.29, 0.717) is 11.3 Å². The topological polar surface area (TPSA) is 60.3 Å². The monoisotopic (exact) mass is 504 g/mol. The number of carbonyl (C=O) groups excluding carboxylic acids is 2. The van der Waals surface area contributed by atoms with Crippen LogP contribution in [0.3, 0.4) is 0 Å². The van der Waals surface area contributed by atoms with E-state index in [1.54, 1.807) is 12.1 Å². The smallest absolute Gasteiger partial charge is 0.340 e. The molecule has 0 aliphatic carbocycles. The van der Waals surface area contributed by atoms with E-state index in [-0.39, 0.29) is 6.61 Å². The van der Waals surface area contributed by atoms with Crippen LogP contribution in [-0.4, -0.2) is 23.1 Å². The summed E-state index contributed by atoms with van der Waals surface area (Å²) in [5, 5.41) is 2.71. The predicted octanol–water partition coefficient (Wildman–Crippen LogP) is 5.41. The zero-order chi connectivity index (χ0) is 20.3. The number of esters is 1. The highest BCUT2D eigenvalue weighted by atomic mass is 79.9. The lowest BCUT2D eigenvalue weighted by Gasteiger charge is -2.10. The molecule has 0 bridgehead atoms. The van der Waals surface area contributed by atoms with Gasteiger partial charge in [-0.25, -0.2) is 4.79 Å². The minimum atomic E-state index is -0.527. The number of hydrogen-bond donors (Lipinski definition) is 1. The molecule has 3 rings (SSSR count). The van der Waals surface area contributed by atoms with Crippen molar-refractivity contribution in [3.63, 3.8) is 0 Å². The van der Waals surface area contributed by atoms with E-state index in [1.807, 2.05) is 60.9 Å². The van der Waals surface area contributed by atoms with E-state index >= 15 is 0 Å². The van der Waals surface area contributed by atoms with Crippen LogP contribution in [-0.2, 0) is 9.53 Å². The molecule has 7 heteroatoms. The van der Waals surface area contributed by atoms with Crippen molar-refractivity contribution in [3.8, 4) is 5.69 Å². The first-order chi connectivity index (χ1) is 13.4. The highest BCUT2D eigenvalue weighted by molar-refractivity contribution is 9.11. The Morgan fingerprint density at radius 2 is 1.75 bits per heavy atom. The van der Waals surface area contributed by atoms with Crippen LogP contribution in [0.25, 0.3) is 5.69 Å². The molecule has 1 heterocycles. The summed E-state index contributed by atoms with van der Waals surface area (Å²) in [6, 6.07) is 16.9. The first-order valence-electron chi connectivity index (χ1n) is 8.53. The van der Waals surface area contributed by atoms with Crippen LogP contribution in [0.4, 0.5) is 5.69 Å². The second kappa shape index (κ2) is 8.75. The van der Waals surface area contributed by atoms with Crippen LogP contribution in [0.5, 0.6) is 0 Å². The van der Waals surface area contributed by atoms with Gasteiger partial charge in [0.1, 0.15) is 0 Å². The second-order valence-corrected chi connectivity index (χ2v) is 7.97. The molecular weight excluding hydrogens is 488 g/mol. The van der Waals surface area contributed by atoms with Crippen molar-refractivity contribution in [2.24, 2.45) is 0 Å². The van der Waals surface area contributed by atoms with Gasteiger partial charge in [0.2, 0.25) is 0 Å². The van der Waals surface area contributed by atoms with Gasteiger partial charge in [0.05, 0.1) is 11.3 Å². The number of halogens is 2. The zero-order valence-corrected chi connectivity index (χ0v) is 18.5. The summed E-state index contributed by atoms with van der Waals surface area (Å²) in [5.41, 5.74) is 3.70. The molecule has 28 heavy (non-hydrogen) atoms. The summed E-state index contributed by atoms with van der Waals surface area (Å²) in [6.07, 6.45) is 0. The summed E-state index contributed by atoms with van der Waals surface area (Å²) in [4.78, 5) is 24.6. The largest absolute Gasteiger partial charge is 0.452 e. The molecule has 0 aliphatic heterocycles. The molecule has 1 aromatic heterocycles. The van der Waals surface area contributed by atoms with Gasteiger partial charge >= 0.3 is 5.97 Å². The van der Waals surface area contributed by atoms with Crippen molar-refractivity contribution in [2.45, 2.75) is 13.8 Å². The Balaban J connectivity index is 1.68. The van der Waals surface area contributed by atoms with Gasteiger partial charge in [-0.05, 0) is 66.2 Å². The predicted molar refractivity (Wildman–Crippen MR) is 116 cm³/mol. The Hall–Kier alpha value is -2.38. The highest BCUT2D eigenvalue weighted by Gasteiger charge is 2.19. The van der Waals surface area contributed by atoms with Gasteiger partial charge in [0.15, 0.2) is 6.61 Å². The third-order valence-corrected chi connectivity index (χ3v) is 5.35. The number of aryl methyl sites for hydroxylation is 1. The molecule has 0 fully saturated rings. The number of aromatic nitrogens is 1. The van der Waals surface area contributed by atoms with Crippen LogP contribution >= 0.6 is 31.9 Å². The molecular formula is C21H18Br2N2O3. The van der Waals surface area contributed by atoms with Gasteiger partial charge in [0.25, 0.3) is 5.91 Å². The molecule has 5 nitrogen and oxygen atoms in total. The Labute approximate surface area is 180 Å². The molecule has 0 saturated carbocycles. The highest BCUT2D eigenvalue weighted by Crippen LogP contribution is 2.26. The molecule has 0 spiro atoms. The van der Waals surface area contributed by atoms with Crippen molar-refractivity contribution in [1.82, 2.24) is 4.57 Å². The standard InChI is InChI=1S/C21H18Br2N2O3/c1-13-10-17(14(2)25(13)16-6-4-3-5-7-16)21(27)28-12-20(26)24-19-9-8-15(22)11-18(19)23/h3-11H,12H2,1-2H3,(H,24,26). The molecule has 0 saturated heterocycles. The third kappa shape index (κ3) is 4.54. The Morgan fingerprint density at radius 3 is 2.43 bits per heavy atom. The number of carbonyl (C=O) groups is 2. The molecule has 144 valence electrons. The van der Waals surface area contributed by atoms with Crippen molar-refractivity contribution >= 4 is 49.4 Å². The first-order valence-corrected chi connectivity index (χ1v) is 10.1. The number of nitrogens with one attached hydrogen (secondary N) is 1. The number of ether oxygens (including phenoxy) is 1. The molecule has 0 aliphatic rings. The number of amides is 1. The van der Waals surface area contributed by atoms with Gasteiger partial charge in [0, 0.05) is 26.0 Å². The van der Waals surface area contributed by atoms with E-state index in [4.69, 9.17) is 4.74 Å². The number of nitrogens with zero attached hydrogens (tertiary/aromatic N) is 1. The average molecular weight is 506 g/mol. The minimum Gasteiger partial charge on any atom is -0.452 e. The summed E-state index contributed by atoms with van der Waals surface area (Å²) in [6.45, 7) is 3.42.